The molecule has 0 saturated heterocycles. The molecule has 2 N–H and O–H groups in total. The summed E-state index contributed by atoms with van der Waals surface area (Å²) in [4.78, 5) is 12.4. The van der Waals surface area contributed by atoms with Gasteiger partial charge in [-0.05, 0) is 17.5 Å². The van der Waals surface area contributed by atoms with Gasteiger partial charge in [-0.2, -0.15) is 8.78 Å². The number of carbonyl (C=O) groups is 1. The lowest BCUT2D eigenvalue weighted by atomic mass is 9.92. The molecule has 1 heterocycles. The minimum Gasteiger partial charge on any atom is -0.329 e. The average Bonchev–Trinajstić information content (AvgIpc) is 2.44. The molecule has 0 fully saturated rings. The first-order valence-electron chi connectivity index (χ1n) is 6.14. The van der Waals surface area contributed by atoms with E-state index in [1.807, 2.05) is 6.07 Å². The van der Waals surface area contributed by atoms with Crippen LogP contribution in [0.1, 0.15) is 17.2 Å². The third-order valence-electron chi connectivity index (χ3n) is 3.46. The lowest BCUT2D eigenvalue weighted by Crippen LogP contribution is -2.52. The highest BCUT2D eigenvalue weighted by molar-refractivity contribution is 5.84. The third-order valence-corrected chi connectivity index (χ3v) is 3.46. The summed E-state index contributed by atoms with van der Waals surface area (Å²) in [5.41, 5.74) is 7.07. The Morgan fingerprint density at radius 3 is 2.65 bits per heavy atom. The topological polar surface area (TPSA) is 46.3 Å². The van der Waals surface area contributed by atoms with Crippen molar-refractivity contribution >= 4 is 5.91 Å². The number of alkyl halides is 4. The number of nitrogens with two attached hydrogens (primary N) is 1. The highest BCUT2D eigenvalue weighted by Gasteiger charge is 2.52. The van der Waals surface area contributed by atoms with Gasteiger partial charge in [-0.1, -0.05) is 24.3 Å². The lowest BCUT2D eigenvalue weighted by Gasteiger charge is -2.38. The highest BCUT2D eigenvalue weighted by atomic mass is 19.3. The van der Waals surface area contributed by atoms with Gasteiger partial charge in [0.25, 0.3) is 5.91 Å². The summed E-state index contributed by atoms with van der Waals surface area (Å²) in [5, 5.41) is 0. The molecular weight excluding hydrogens is 276 g/mol. The zero-order valence-electron chi connectivity index (χ0n) is 10.5. The molecule has 1 unspecified atom stereocenters. The molecule has 1 aliphatic rings. The van der Waals surface area contributed by atoms with Crippen molar-refractivity contribution in [1.29, 1.82) is 0 Å². The van der Waals surface area contributed by atoms with Crippen molar-refractivity contribution < 1.29 is 22.4 Å². The van der Waals surface area contributed by atoms with Crippen LogP contribution >= 0.6 is 0 Å². The number of nitrogens with zero attached hydrogens (tertiary/aromatic N) is 1. The maximum Gasteiger partial charge on any atom is 0.383 e. The Morgan fingerprint density at radius 2 is 2.05 bits per heavy atom. The summed E-state index contributed by atoms with van der Waals surface area (Å²) in [6.07, 6.45) is -3.68. The van der Waals surface area contributed by atoms with E-state index in [9.17, 15) is 22.4 Å². The van der Waals surface area contributed by atoms with Crippen LogP contribution in [-0.2, 0) is 11.2 Å². The van der Waals surface area contributed by atoms with Gasteiger partial charge in [0.1, 0.15) is 0 Å². The van der Waals surface area contributed by atoms with E-state index >= 15 is 0 Å². The first kappa shape index (κ1) is 14.8. The van der Waals surface area contributed by atoms with Gasteiger partial charge in [-0.25, -0.2) is 8.78 Å². The average molecular weight is 290 g/mol. The number of amides is 1. The van der Waals surface area contributed by atoms with Gasteiger partial charge < -0.3 is 10.6 Å². The Balaban J connectivity index is 2.33. The maximum absolute atomic E-state index is 13.2. The van der Waals surface area contributed by atoms with Crippen molar-refractivity contribution in [2.75, 3.05) is 13.1 Å². The van der Waals surface area contributed by atoms with Crippen LogP contribution in [0.2, 0.25) is 0 Å². The van der Waals surface area contributed by atoms with E-state index in [-0.39, 0.29) is 13.1 Å². The summed E-state index contributed by atoms with van der Waals surface area (Å²) >= 11 is 0. The van der Waals surface area contributed by atoms with E-state index in [0.29, 0.717) is 12.0 Å². The van der Waals surface area contributed by atoms with E-state index in [1.54, 1.807) is 18.2 Å². The number of hydrogen-bond acceptors (Lipinski definition) is 2. The third kappa shape index (κ3) is 2.37. The minimum atomic E-state index is -4.68. The Labute approximate surface area is 113 Å². The second-order valence-corrected chi connectivity index (χ2v) is 4.62. The monoisotopic (exact) mass is 290 g/mol. The van der Waals surface area contributed by atoms with Crippen molar-refractivity contribution in [3.05, 3.63) is 35.4 Å². The summed E-state index contributed by atoms with van der Waals surface area (Å²) in [6, 6.07) is 6.17. The summed E-state index contributed by atoms with van der Waals surface area (Å²) in [7, 11) is 0. The second-order valence-electron chi connectivity index (χ2n) is 4.62. The predicted molar refractivity (Wildman–Crippen MR) is 64.6 cm³/mol. The molecule has 7 heteroatoms. The fourth-order valence-corrected chi connectivity index (χ4v) is 2.43. The zero-order chi connectivity index (χ0) is 14.9. The predicted octanol–water partition coefficient (Wildman–Crippen LogP) is 1.97. The van der Waals surface area contributed by atoms with Gasteiger partial charge >= 0.3 is 12.3 Å². The fourth-order valence-electron chi connectivity index (χ4n) is 2.43. The van der Waals surface area contributed by atoms with Gasteiger partial charge in [-0.15, -0.1) is 0 Å². The zero-order valence-corrected chi connectivity index (χ0v) is 10.5. The number of hydrogen-bond donors (Lipinski definition) is 1. The molecule has 1 aliphatic heterocycles. The van der Waals surface area contributed by atoms with E-state index in [1.165, 1.54) is 0 Å². The smallest absolute Gasteiger partial charge is 0.329 e. The Hall–Kier alpha value is -1.63. The van der Waals surface area contributed by atoms with E-state index in [4.69, 9.17) is 5.73 Å². The van der Waals surface area contributed by atoms with E-state index < -0.39 is 24.3 Å². The molecule has 0 spiro atoms. The molecule has 0 saturated carbocycles. The van der Waals surface area contributed by atoms with Crippen molar-refractivity contribution in [3.8, 4) is 0 Å². The maximum atomic E-state index is 13.2. The van der Waals surface area contributed by atoms with Gasteiger partial charge in [0.15, 0.2) is 0 Å². The van der Waals surface area contributed by atoms with E-state index in [2.05, 4.69) is 0 Å². The molecular formula is C13H14F4N2O. The van der Waals surface area contributed by atoms with Crippen LogP contribution in [0.3, 0.4) is 0 Å². The van der Waals surface area contributed by atoms with Crippen molar-refractivity contribution in [1.82, 2.24) is 4.90 Å². The number of halogens is 4. The number of fused-ring (bicyclic) bond motifs is 1. The molecule has 0 aliphatic carbocycles. The molecule has 20 heavy (non-hydrogen) atoms. The SMILES string of the molecule is NCC1c2ccccc2CCN1C(=O)C(F)(F)C(F)F. The van der Waals surface area contributed by atoms with Gasteiger partial charge in [0, 0.05) is 13.1 Å². The highest BCUT2D eigenvalue weighted by Crippen LogP contribution is 2.34. The molecule has 3 nitrogen and oxygen atoms in total. The molecule has 110 valence electrons. The normalized spacial score (nSPS) is 19.1. The first-order valence-corrected chi connectivity index (χ1v) is 6.14. The Morgan fingerprint density at radius 1 is 1.40 bits per heavy atom. The summed E-state index contributed by atoms with van der Waals surface area (Å²) in [6.45, 7) is -0.137. The van der Waals surface area contributed by atoms with Crippen LogP contribution in [0.5, 0.6) is 0 Å². The van der Waals surface area contributed by atoms with Crippen LogP contribution in [-0.4, -0.2) is 36.2 Å². The molecule has 0 aromatic heterocycles. The Bertz CT molecular complexity index is 507. The standard InChI is InChI=1S/C13H14F4N2O/c14-11(15)13(16,17)12(20)19-6-5-8-3-1-2-4-9(8)10(19)7-18/h1-4,10-11H,5-7,18H2. The van der Waals surface area contributed by atoms with Crippen LogP contribution in [0.25, 0.3) is 0 Å². The first-order chi connectivity index (χ1) is 9.39. The second kappa shape index (κ2) is 5.40. The Kier molecular flexibility index (Phi) is 3.99. The molecule has 2 rings (SSSR count). The largest absolute Gasteiger partial charge is 0.383 e. The fraction of sp³-hybridized carbons (Fsp3) is 0.462. The minimum absolute atomic E-state index is 0.0416. The van der Waals surface area contributed by atoms with Crippen LogP contribution < -0.4 is 5.73 Å². The number of carbonyl (C=O) groups excluding carboxylic acids is 1. The lowest BCUT2D eigenvalue weighted by molar-refractivity contribution is -0.183. The molecule has 0 radical (unpaired) electrons. The number of benzene rings is 1. The van der Waals surface area contributed by atoms with Gasteiger partial charge in [0.05, 0.1) is 6.04 Å². The van der Waals surface area contributed by atoms with Crippen molar-refractivity contribution in [2.24, 2.45) is 5.73 Å². The van der Waals surface area contributed by atoms with Crippen molar-refractivity contribution in [2.45, 2.75) is 24.8 Å². The van der Waals surface area contributed by atoms with E-state index in [0.717, 1.165) is 10.5 Å². The number of rotatable bonds is 3. The molecule has 1 atom stereocenters. The quantitative estimate of drug-likeness (QED) is 0.865. The summed E-state index contributed by atoms with van der Waals surface area (Å²) in [5.74, 6) is -6.54. The molecule has 1 amide bonds. The molecule has 1 aromatic rings. The molecule has 1 aromatic carbocycles. The van der Waals surface area contributed by atoms with Crippen LogP contribution in [0, 0.1) is 0 Å². The van der Waals surface area contributed by atoms with Crippen LogP contribution in [0.15, 0.2) is 24.3 Å². The summed E-state index contributed by atoms with van der Waals surface area (Å²) < 4.78 is 51.1. The molecule has 0 bridgehead atoms. The van der Waals surface area contributed by atoms with Crippen LogP contribution in [0.4, 0.5) is 17.6 Å². The van der Waals surface area contributed by atoms with Crippen molar-refractivity contribution in [3.63, 3.8) is 0 Å². The van der Waals surface area contributed by atoms with Gasteiger partial charge in [-0.3, -0.25) is 4.79 Å². The van der Waals surface area contributed by atoms with Gasteiger partial charge in [0.2, 0.25) is 0 Å².